The Bertz CT molecular complexity index is 595. The average molecular weight is 298 g/mol. The van der Waals surface area contributed by atoms with Crippen LogP contribution in [0.2, 0.25) is 10.0 Å². The average Bonchev–Trinajstić information content (AvgIpc) is 2.77. The van der Waals surface area contributed by atoms with E-state index < -0.39 is 0 Å². The van der Waals surface area contributed by atoms with Gasteiger partial charge in [0.1, 0.15) is 0 Å². The summed E-state index contributed by atoms with van der Waals surface area (Å²) in [4.78, 5) is 11.8. The number of carbonyl (C=O) groups is 1. The van der Waals surface area contributed by atoms with Crippen LogP contribution in [0.25, 0.3) is 0 Å². The third kappa shape index (κ3) is 3.72. The normalized spacial score (nSPS) is 10.5. The van der Waals surface area contributed by atoms with Crippen LogP contribution in [0.1, 0.15) is 12.1 Å². The molecule has 0 spiro atoms. The van der Waals surface area contributed by atoms with E-state index >= 15 is 0 Å². The molecule has 1 aromatic carbocycles. The van der Waals surface area contributed by atoms with Crippen molar-refractivity contribution in [1.82, 2.24) is 9.78 Å². The number of rotatable bonds is 4. The largest absolute Gasteiger partial charge is 0.326 e. The monoisotopic (exact) mass is 297 g/mol. The van der Waals surface area contributed by atoms with Gasteiger partial charge in [-0.3, -0.25) is 9.48 Å². The van der Waals surface area contributed by atoms with Gasteiger partial charge in [0.15, 0.2) is 0 Å². The number of hydrogen-bond acceptors (Lipinski definition) is 2. The second-order valence-corrected chi connectivity index (χ2v) is 4.94. The van der Waals surface area contributed by atoms with Crippen LogP contribution in [-0.2, 0) is 11.3 Å². The summed E-state index contributed by atoms with van der Waals surface area (Å²) in [6.07, 6.45) is 2.06. The first-order valence-corrected chi connectivity index (χ1v) is 6.55. The molecule has 2 aromatic rings. The van der Waals surface area contributed by atoms with Gasteiger partial charge in [0, 0.05) is 30.5 Å². The lowest BCUT2D eigenvalue weighted by Gasteiger charge is -2.07. The highest BCUT2D eigenvalue weighted by Crippen LogP contribution is 2.25. The third-order valence-electron chi connectivity index (χ3n) is 2.68. The van der Waals surface area contributed by atoms with Gasteiger partial charge in [-0.2, -0.15) is 5.10 Å². The number of aryl methyl sites for hydroxylation is 2. The zero-order valence-corrected chi connectivity index (χ0v) is 11.9. The number of halogens is 2. The van der Waals surface area contributed by atoms with E-state index in [1.807, 2.05) is 13.0 Å². The van der Waals surface area contributed by atoms with E-state index in [9.17, 15) is 4.79 Å². The number of nitrogens with zero attached hydrogens (tertiary/aromatic N) is 2. The summed E-state index contributed by atoms with van der Waals surface area (Å²) in [6.45, 7) is 2.50. The summed E-state index contributed by atoms with van der Waals surface area (Å²) in [5, 5.41) is 7.77. The third-order valence-corrected chi connectivity index (χ3v) is 3.42. The molecule has 0 radical (unpaired) electrons. The molecule has 0 bridgehead atoms. The minimum absolute atomic E-state index is 0.0895. The molecule has 0 atom stereocenters. The predicted molar refractivity (Wildman–Crippen MR) is 76.7 cm³/mol. The summed E-state index contributed by atoms with van der Waals surface area (Å²) in [5.74, 6) is -0.0895. The summed E-state index contributed by atoms with van der Waals surface area (Å²) in [5.41, 5.74) is 1.67. The SMILES string of the molecule is Cc1ccnn1CCC(=O)Nc1ccc(Cl)c(Cl)c1. The van der Waals surface area contributed by atoms with Crippen LogP contribution in [-0.4, -0.2) is 15.7 Å². The van der Waals surface area contributed by atoms with Crippen molar-refractivity contribution in [2.24, 2.45) is 0 Å². The van der Waals surface area contributed by atoms with E-state index in [-0.39, 0.29) is 5.91 Å². The molecule has 0 unspecified atom stereocenters. The van der Waals surface area contributed by atoms with Crippen molar-refractivity contribution in [3.8, 4) is 0 Å². The van der Waals surface area contributed by atoms with Crippen LogP contribution >= 0.6 is 23.2 Å². The summed E-state index contributed by atoms with van der Waals surface area (Å²) < 4.78 is 1.79. The van der Waals surface area contributed by atoms with E-state index in [1.54, 1.807) is 29.1 Å². The molecule has 6 heteroatoms. The molecule has 0 aliphatic heterocycles. The lowest BCUT2D eigenvalue weighted by Crippen LogP contribution is -2.15. The smallest absolute Gasteiger partial charge is 0.226 e. The number of benzene rings is 1. The molecule has 4 nitrogen and oxygen atoms in total. The second kappa shape index (κ2) is 6.08. The van der Waals surface area contributed by atoms with E-state index in [0.29, 0.717) is 28.7 Å². The van der Waals surface area contributed by atoms with Crippen LogP contribution in [0, 0.1) is 6.92 Å². The lowest BCUT2D eigenvalue weighted by molar-refractivity contribution is -0.116. The molecular formula is C13H13Cl2N3O. The van der Waals surface area contributed by atoms with E-state index in [2.05, 4.69) is 10.4 Å². The van der Waals surface area contributed by atoms with Gasteiger partial charge in [-0.25, -0.2) is 0 Å². The van der Waals surface area contributed by atoms with Gasteiger partial charge in [0.25, 0.3) is 0 Å². The molecule has 1 heterocycles. The fourth-order valence-corrected chi connectivity index (χ4v) is 1.94. The van der Waals surface area contributed by atoms with Crippen molar-refractivity contribution in [2.45, 2.75) is 19.9 Å². The minimum atomic E-state index is -0.0895. The van der Waals surface area contributed by atoms with Gasteiger partial charge in [0.05, 0.1) is 10.0 Å². The van der Waals surface area contributed by atoms with Crippen molar-refractivity contribution in [3.63, 3.8) is 0 Å². The quantitative estimate of drug-likeness (QED) is 0.938. The fraction of sp³-hybridized carbons (Fsp3) is 0.231. The van der Waals surface area contributed by atoms with Gasteiger partial charge in [0.2, 0.25) is 5.91 Å². The highest BCUT2D eigenvalue weighted by Gasteiger charge is 2.06. The van der Waals surface area contributed by atoms with Crippen molar-refractivity contribution in [3.05, 3.63) is 46.2 Å². The maximum atomic E-state index is 11.8. The Morgan fingerprint density at radius 3 is 2.74 bits per heavy atom. The first-order valence-electron chi connectivity index (χ1n) is 5.79. The van der Waals surface area contributed by atoms with Gasteiger partial charge in [-0.05, 0) is 31.2 Å². The lowest BCUT2D eigenvalue weighted by atomic mass is 10.3. The predicted octanol–water partition coefficient (Wildman–Crippen LogP) is 3.53. The zero-order chi connectivity index (χ0) is 13.8. The number of hydrogen-bond donors (Lipinski definition) is 1. The highest BCUT2D eigenvalue weighted by atomic mass is 35.5. The van der Waals surface area contributed by atoms with Crippen molar-refractivity contribution < 1.29 is 4.79 Å². The Hall–Kier alpha value is -1.52. The molecule has 0 aliphatic carbocycles. The van der Waals surface area contributed by atoms with Gasteiger partial charge >= 0.3 is 0 Å². The zero-order valence-electron chi connectivity index (χ0n) is 10.4. The van der Waals surface area contributed by atoms with E-state index in [0.717, 1.165) is 5.69 Å². The molecule has 1 amide bonds. The number of aromatic nitrogens is 2. The maximum Gasteiger partial charge on any atom is 0.226 e. The molecule has 0 saturated heterocycles. The number of carbonyl (C=O) groups excluding carboxylic acids is 1. The van der Waals surface area contributed by atoms with Gasteiger partial charge < -0.3 is 5.32 Å². The molecule has 19 heavy (non-hydrogen) atoms. The number of anilines is 1. The number of nitrogens with one attached hydrogen (secondary N) is 1. The molecular weight excluding hydrogens is 285 g/mol. The molecule has 1 N–H and O–H groups in total. The van der Waals surface area contributed by atoms with E-state index in [4.69, 9.17) is 23.2 Å². The van der Waals surface area contributed by atoms with Crippen LogP contribution in [0.15, 0.2) is 30.5 Å². The topological polar surface area (TPSA) is 46.9 Å². The fourth-order valence-electron chi connectivity index (χ4n) is 1.64. The van der Waals surface area contributed by atoms with Gasteiger partial charge in [-0.15, -0.1) is 0 Å². The Labute approximate surface area is 121 Å². The molecule has 0 aliphatic rings. The van der Waals surface area contributed by atoms with Crippen LogP contribution < -0.4 is 5.32 Å². The Morgan fingerprint density at radius 1 is 1.32 bits per heavy atom. The standard InChI is InChI=1S/C13H13Cl2N3O/c1-9-4-6-16-18(9)7-5-13(19)17-10-2-3-11(14)12(15)8-10/h2-4,6,8H,5,7H2,1H3,(H,17,19). The van der Waals surface area contributed by atoms with E-state index in [1.165, 1.54) is 0 Å². The molecule has 0 saturated carbocycles. The van der Waals surface area contributed by atoms with Crippen LogP contribution in [0.4, 0.5) is 5.69 Å². The number of amides is 1. The molecule has 1 aromatic heterocycles. The molecule has 0 fully saturated rings. The van der Waals surface area contributed by atoms with Crippen molar-refractivity contribution in [1.29, 1.82) is 0 Å². The summed E-state index contributed by atoms with van der Waals surface area (Å²) in [6, 6.07) is 6.89. The summed E-state index contributed by atoms with van der Waals surface area (Å²) >= 11 is 11.7. The maximum absolute atomic E-state index is 11.8. The van der Waals surface area contributed by atoms with Gasteiger partial charge in [-0.1, -0.05) is 23.2 Å². The van der Waals surface area contributed by atoms with Crippen LogP contribution in [0.5, 0.6) is 0 Å². The molecule has 100 valence electrons. The Morgan fingerprint density at radius 2 is 2.11 bits per heavy atom. The first kappa shape index (κ1) is 13.9. The first-order chi connectivity index (χ1) is 9.06. The molecule has 2 rings (SSSR count). The van der Waals surface area contributed by atoms with Crippen LogP contribution in [0.3, 0.4) is 0 Å². The van der Waals surface area contributed by atoms with Crippen molar-refractivity contribution >= 4 is 34.8 Å². The minimum Gasteiger partial charge on any atom is -0.326 e. The second-order valence-electron chi connectivity index (χ2n) is 4.12. The summed E-state index contributed by atoms with van der Waals surface area (Å²) in [7, 11) is 0. The van der Waals surface area contributed by atoms with Crippen molar-refractivity contribution in [2.75, 3.05) is 5.32 Å². The Kier molecular flexibility index (Phi) is 4.45. The highest BCUT2D eigenvalue weighted by molar-refractivity contribution is 6.42. The Balaban J connectivity index is 1.91.